The summed E-state index contributed by atoms with van der Waals surface area (Å²) in [6, 6.07) is 7.68. The summed E-state index contributed by atoms with van der Waals surface area (Å²) in [4.78, 5) is 27.6. The molecule has 138 valence electrons. The van der Waals surface area contributed by atoms with Crippen LogP contribution < -0.4 is 4.74 Å². The topological polar surface area (TPSA) is 55.8 Å². The van der Waals surface area contributed by atoms with Crippen LogP contribution in [-0.2, 0) is 27.3 Å². The highest BCUT2D eigenvalue weighted by molar-refractivity contribution is 7.10. The zero-order chi connectivity index (χ0) is 18.7. The van der Waals surface area contributed by atoms with Crippen LogP contribution in [0.1, 0.15) is 28.5 Å². The molecule has 1 aromatic heterocycles. The number of amides is 1. The normalized spacial score (nSPS) is 14.5. The number of hydrogen-bond acceptors (Lipinski definition) is 5. The number of carbonyl (C=O) groups is 2. The molecule has 2 heterocycles. The molecule has 0 spiro atoms. The maximum Gasteiger partial charge on any atom is 0.344 e. The van der Waals surface area contributed by atoms with E-state index in [0.717, 1.165) is 17.5 Å². The predicted molar refractivity (Wildman–Crippen MR) is 100 cm³/mol. The van der Waals surface area contributed by atoms with Gasteiger partial charge in [-0.15, -0.1) is 11.3 Å². The monoisotopic (exact) mass is 373 g/mol. The summed E-state index contributed by atoms with van der Waals surface area (Å²) in [6.45, 7) is 6.64. The van der Waals surface area contributed by atoms with Crippen molar-refractivity contribution in [3.8, 4) is 5.75 Å². The van der Waals surface area contributed by atoms with E-state index in [0.29, 0.717) is 18.8 Å². The van der Waals surface area contributed by atoms with Gasteiger partial charge in [0.15, 0.2) is 12.7 Å². The van der Waals surface area contributed by atoms with E-state index in [4.69, 9.17) is 9.47 Å². The fourth-order valence-corrected chi connectivity index (χ4v) is 3.81. The lowest BCUT2D eigenvalue weighted by molar-refractivity contribution is -0.161. The second kappa shape index (κ2) is 7.91. The van der Waals surface area contributed by atoms with Gasteiger partial charge in [-0.25, -0.2) is 4.79 Å². The van der Waals surface area contributed by atoms with E-state index in [1.54, 1.807) is 23.2 Å². The number of fused-ring (bicyclic) bond motifs is 1. The summed E-state index contributed by atoms with van der Waals surface area (Å²) >= 11 is 1.72. The van der Waals surface area contributed by atoms with Crippen LogP contribution >= 0.6 is 11.3 Å². The van der Waals surface area contributed by atoms with Crippen molar-refractivity contribution in [2.75, 3.05) is 13.2 Å². The lowest BCUT2D eigenvalue weighted by Crippen LogP contribution is -2.42. The van der Waals surface area contributed by atoms with Crippen molar-refractivity contribution in [2.24, 2.45) is 0 Å². The molecule has 0 radical (unpaired) electrons. The molecule has 0 saturated carbocycles. The van der Waals surface area contributed by atoms with Gasteiger partial charge >= 0.3 is 5.97 Å². The highest BCUT2D eigenvalue weighted by Crippen LogP contribution is 2.24. The van der Waals surface area contributed by atoms with E-state index < -0.39 is 12.1 Å². The highest BCUT2D eigenvalue weighted by Gasteiger charge is 2.27. The van der Waals surface area contributed by atoms with Crippen molar-refractivity contribution in [1.82, 2.24) is 4.90 Å². The van der Waals surface area contributed by atoms with Crippen molar-refractivity contribution in [2.45, 2.75) is 39.8 Å². The van der Waals surface area contributed by atoms with E-state index in [1.807, 2.05) is 43.5 Å². The third kappa shape index (κ3) is 4.25. The Bertz CT molecular complexity index is 814. The van der Waals surface area contributed by atoms with Crippen molar-refractivity contribution in [3.63, 3.8) is 0 Å². The number of ether oxygens (including phenoxy) is 2. The average molecular weight is 373 g/mol. The summed E-state index contributed by atoms with van der Waals surface area (Å²) < 4.78 is 10.7. The summed E-state index contributed by atoms with van der Waals surface area (Å²) in [5.74, 6) is -0.0938. The Labute approximate surface area is 157 Å². The van der Waals surface area contributed by atoms with Crippen molar-refractivity contribution in [1.29, 1.82) is 0 Å². The maximum absolute atomic E-state index is 12.5. The van der Waals surface area contributed by atoms with Gasteiger partial charge in [0.1, 0.15) is 5.75 Å². The van der Waals surface area contributed by atoms with Gasteiger partial charge in [0.05, 0.1) is 0 Å². The second-order valence-corrected chi connectivity index (χ2v) is 7.55. The number of benzene rings is 1. The number of hydrogen-bond donors (Lipinski definition) is 0. The molecule has 3 rings (SSSR count). The van der Waals surface area contributed by atoms with Gasteiger partial charge in [0.2, 0.25) is 0 Å². The van der Waals surface area contributed by atoms with Crippen LogP contribution in [-0.4, -0.2) is 36.0 Å². The van der Waals surface area contributed by atoms with E-state index in [1.165, 1.54) is 10.4 Å². The summed E-state index contributed by atoms with van der Waals surface area (Å²) in [6.07, 6.45) is 0.0426. The molecule has 2 aromatic rings. The molecule has 0 N–H and O–H groups in total. The largest absolute Gasteiger partial charge is 0.482 e. The molecule has 0 fully saturated rings. The van der Waals surface area contributed by atoms with Gasteiger partial charge in [-0.05, 0) is 67.5 Å². The Morgan fingerprint density at radius 2 is 2.04 bits per heavy atom. The van der Waals surface area contributed by atoms with Crippen LogP contribution in [0.5, 0.6) is 5.75 Å². The van der Waals surface area contributed by atoms with E-state index >= 15 is 0 Å². The molecule has 6 heteroatoms. The number of nitrogens with zero attached hydrogens (tertiary/aromatic N) is 1. The number of aryl methyl sites for hydroxylation is 2. The lowest BCUT2D eigenvalue weighted by Gasteiger charge is -2.29. The standard InChI is InChI=1S/C20H23NO4S/c1-13-4-5-17(10-14(13)2)24-12-19(22)25-15(3)20(23)21-8-6-18-16(11-21)7-9-26-18/h4-5,7,9-10,15H,6,8,11-12H2,1-3H3. The fourth-order valence-electron chi connectivity index (χ4n) is 2.92. The molecule has 5 nitrogen and oxygen atoms in total. The Balaban J connectivity index is 1.49. The molecule has 1 aliphatic heterocycles. The molecule has 1 amide bonds. The van der Waals surface area contributed by atoms with Crippen molar-refractivity contribution >= 4 is 23.2 Å². The Hall–Kier alpha value is -2.34. The minimum Gasteiger partial charge on any atom is -0.482 e. The molecule has 0 aliphatic carbocycles. The first-order chi connectivity index (χ1) is 12.4. The Kier molecular flexibility index (Phi) is 5.61. The predicted octanol–water partition coefficient (Wildman–Crippen LogP) is 3.26. The Morgan fingerprint density at radius 1 is 1.23 bits per heavy atom. The van der Waals surface area contributed by atoms with Crippen molar-refractivity contribution < 1.29 is 19.1 Å². The van der Waals surface area contributed by atoms with Crippen LogP contribution in [0.25, 0.3) is 0 Å². The van der Waals surface area contributed by atoms with E-state index in [9.17, 15) is 9.59 Å². The molecule has 0 bridgehead atoms. The maximum atomic E-state index is 12.5. The minimum absolute atomic E-state index is 0.165. The zero-order valence-electron chi connectivity index (χ0n) is 15.3. The quantitative estimate of drug-likeness (QED) is 0.755. The number of rotatable bonds is 5. The average Bonchev–Trinajstić information content (AvgIpc) is 3.09. The highest BCUT2D eigenvalue weighted by atomic mass is 32.1. The van der Waals surface area contributed by atoms with Crippen LogP contribution in [0.3, 0.4) is 0 Å². The summed E-state index contributed by atoms with van der Waals surface area (Å²) in [5, 5.41) is 2.05. The smallest absolute Gasteiger partial charge is 0.344 e. The van der Waals surface area contributed by atoms with Gasteiger partial charge in [0.25, 0.3) is 5.91 Å². The van der Waals surface area contributed by atoms with Gasteiger partial charge in [0, 0.05) is 18.0 Å². The van der Waals surface area contributed by atoms with Crippen LogP contribution in [0.15, 0.2) is 29.6 Å². The van der Waals surface area contributed by atoms with Gasteiger partial charge in [-0.3, -0.25) is 4.79 Å². The number of carbonyl (C=O) groups excluding carboxylic acids is 2. The molecule has 1 unspecified atom stereocenters. The van der Waals surface area contributed by atoms with Crippen LogP contribution in [0, 0.1) is 13.8 Å². The molecule has 26 heavy (non-hydrogen) atoms. The summed E-state index contributed by atoms with van der Waals surface area (Å²) in [7, 11) is 0. The van der Waals surface area contributed by atoms with E-state index in [2.05, 4.69) is 0 Å². The van der Waals surface area contributed by atoms with Crippen LogP contribution in [0.4, 0.5) is 0 Å². The molecular weight excluding hydrogens is 350 g/mol. The lowest BCUT2D eigenvalue weighted by atomic mass is 10.1. The molecule has 0 saturated heterocycles. The van der Waals surface area contributed by atoms with E-state index in [-0.39, 0.29) is 12.5 Å². The van der Waals surface area contributed by atoms with Gasteiger partial charge in [-0.2, -0.15) is 0 Å². The first-order valence-electron chi connectivity index (χ1n) is 8.67. The molecule has 1 atom stereocenters. The third-order valence-electron chi connectivity index (χ3n) is 4.61. The van der Waals surface area contributed by atoms with Crippen molar-refractivity contribution in [3.05, 3.63) is 51.2 Å². The van der Waals surface area contributed by atoms with Gasteiger partial charge < -0.3 is 14.4 Å². The minimum atomic E-state index is -0.814. The second-order valence-electron chi connectivity index (χ2n) is 6.55. The fraction of sp³-hybridized carbons (Fsp3) is 0.400. The number of thiophene rings is 1. The zero-order valence-corrected chi connectivity index (χ0v) is 16.1. The molecular formula is C20H23NO4S. The van der Waals surface area contributed by atoms with Crippen LogP contribution in [0.2, 0.25) is 0 Å². The third-order valence-corrected chi connectivity index (χ3v) is 5.63. The Morgan fingerprint density at radius 3 is 2.81 bits per heavy atom. The summed E-state index contributed by atoms with van der Waals surface area (Å²) in [5.41, 5.74) is 3.44. The first-order valence-corrected chi connectivity index (χ1v) is 9.55. The number of esters is 1. The molecule has 1 aromatic carbocycles. The van der Waals surface area contributed by atoms with Gasteiger partial charge in [-0.1, -0.05) is 6.07 Å². The SMILES string of the molecule is Cc1ccc(OCC(=O)OC(C)C(=O)N2CCc3sccc3C2)cc1C. The first kappa shape index (κ1) is 18.5. The molecule has 1 aliphatic rings.